The minimum absolute atomic E-state index is 0.0324. The van der Waals surface area contributed by atoms with Crippen LogP contribution < -0.4 is 5.32 Å². The molecular weight excluding hydrogens is 791 g/mol. The number of hydrogen-bond acceptors (Lipinski definition) is 6. The normalized spacial score (nSPS) is 14.2. The van der Waals surface area contributed by atoms with Crippen LogP contribution in [0.5, 0.6) is 0 Å². The van der Waals surface area contributed by atoms with Gasteiger partial charge in [-0.25, -0.2) is 4.98 Å². The van der Waals surface area contributed by atoms with Gasteiger partial charge in [-0.05, 0) is 83.6 Å². The number of rotatable bonds is 10. The van der Waals surface area contributed by atoms with Crippen molar-refractivity contribution in [2.45, 2.75) is 26.7 Å². The molecule has 6 heterocycles. The maximum absolute atomic E-state index is 13.3. The summed E-state index contributed by atoms with van der Waals surface area (Å²) in [7, 11) is 0. The number of carbonyl (C=O) groups excluding carboxylic acids is 2. The first kappa shape index (κ1) is 40.8. The molecular formula is C55H51N7O2. The zero-order valence-corrected chi connectivity index (χ0v) is 36.3. The first-order chi connectivity index (χ1) is 31.3. The molecule has 10 rings (SSSR count). The average molecular weight is 842 g/mol. The van der Waals surface area contributed by atoms with E-state index in [1.165, 1.54) is 0 Å². The van der Waals surface area contributed by atoms with Crippen molar-refractivity contribution < 1.29 is 9.59 Å². The number of aromatic amines is 2. The monoisotopic (exact) mass is 841 g/mol. The Labute approximate surface area is 373 Å². The highest BCUT2D eigenvalue weighted by molar-refractivity contribution is 5.98. The van der Waals surface area contributed by atoms with Crippen molar-refractivity contribution >= 4 is 51.6 Å². The fraction of sp³-hybridized carbons (Fsp3) is 0.200. The Hall–Kier alpha value is -7.20. The van der Waals surface area contributed by atoms with Crippen molar-refractivity contribution in [1.82, 2.24) is 29.7 Å². The minimum Gasteiger partial charge on any atom is -0.354 e. The zero-order chi connectivity index (χ0) is 43.6. The summed E-state index contributed by atoms with van der Waals surface area (Å²) >= 11 is 0. The van der Waals surface area contributed by atoms with Crippen LogP contribution >= 0.6 is 0 Å². The van der Waals surface area contributed by atoms with Crippen LogP contribution in [0.15, 0.2) is 140 Å². The van der Waals surface area contributed by atoms with Crippen molar-refractivity contribution in [2.24, 2.45) is 5.92 Å². The Morgan fingerprint density at radius 2 is 0.922 bits per heavy atom. The molecule has 3 aliphatic heterocycles. The number of nitrogens with one attached hydrogen (secondary N) is 3. The third-order valence-corrected chi connectivity index (χ3v) is 12.5. The lowest BCUT2D eigenvalue weighted by Crippen LogP contribution is -2.50. The summed E-state index contributed by atoms with van der Waals surface area (Å²) in [5.74, 6) is 0.234. The maximum Gasteiger partial charge on any atom is 0.238 e. The van der Waals surface area contributed by atoms with Crippen LogP contribution in [0.1, 0.15) is 36.6 Å². The van der Waals surface area contributed by atoms with Gasteiger partial charge in [-0.3, -0.25) is 24.4 Å². The molecule has 3 aromatic heterocycles. The van der Waals surface area contributed by atoms with E-state index >= 15 is 0 Å². The summed E-state index contributed by atoms with van der Waals surface area (Å²) in [6.07, 6.45) is 5.82. The highest BCUT2D eigenvalue weighted by Crippen LogP contribution is 2.38. The lowest BCUT2D eigenvalue weighted by Gasteiger charge is -2.34. The second-order valence-corrected chi connectivity index (χ2v) is 17.2. The van der Waals surface area contributed by atoms with Crippen LogP contribution in [-0.4, -0.2) is 80.7 Å². The Morgan fingerprint density at radius 3 is 1.38 bits per heavy atom. The van der Waals surface area contributed by atoms with Crippen molar-refractivity contribution in [2.75, 3.05) is 44.6 Å². The molecule has 3 aliphatic rings. The predicted octanol–water partition coefficient (Wildman–Crippen LogP) is 10.7. The number of anilines is 1. The van der Waals surface area contributed by atoms with Crippen LogP contribution in [0.3, 0.4) is 0 Å². The molecule has 1 fully saturated rings. The molecule has 9 nitrogen and oxygen atoms in total. The van der Waals surface area contributed by atoms with Crippen molar-refractivity contribution in [3.8, 4) is 44.5 Å². The number of fused-ring (bicyclic) bond motifs is 8. The summed E-state index contributed by atoms with van der Waals surface area (Å²) in [4.78, 5) is 48.6. The molecule has 1 saturated heterocycles. The van der Waals surface area contributed by atoms with Crippen molar-refractivity contribution in [3.05, 3.63) is 162 Å². The SMILES string of the molecule is CC(C)C(=O)CN1CCN(CC(=O)Nc2ccc(-c3c4nc(c(-c5ccccc5)c5ccc([nH]5)c(-c5ccccc5)c5nc(c(-c6ccccc6)c6ccc3[nH]6)CC5)C=C4)cc2)CC1. The zero-order valence-electron chi connectivity index (χ0n) is 36.3. The minimum atomic E-state index is -0.0580. The van der Waals surface area contributed by atoms with Gasteiger partial charge in [0, 0.05) is 82.1 Å². The molecule has 7 aromatic rings. The van der Waals surface area contributed by atoms with Crippen molar-refractivity contribution in [1.29, 1.82) is 0 Å². The molecule has 0 atom stereocenters. The van der Waals surface area contributed by atoms with E-state index in [2.05, 4.69) is 159 Å². The van der Waals surface area contributed by atoms with Gasteiger partial charge in [0.2, 0.25) is 5.91 Å². The van der Waals surface area contributed by atoms with E-state index in [1.807, 2.05) is 32.0 Å². The molecule has 3 N–H and O–H groups in total. The van der Waals surface area contributed by atoms with E-state index in [0.29, 0.717) is 13.1 Å². The van der Waals surface area contributed by atoms with Crippen LogP contribution in [-0.2, 0) is 22.4 Å². The number of amides is 1. The summed E-state index contributed by atoms with van der Waals surface area (Å²) < 4.78 is 0. The van der Waals surface area contributed by atoms with E-state index in [-0.39, 0.29) is 17.6 Å². The molecule has 0 spiro atoms. The summed E-state index contributed by atoms with van der Waals surface area (Å²) in [5, 5.41) is 3.13. The number of nitrogens with zero attached hydrogens (tertiary/aromatic N) is 4. The molecule has 0 radical (unpaired) electrons. The predicted molar refractivity (Wildman–Crippen MR) is 260 cm³/mol. The van der Waals surface area contributed by atoms with Crippen LogP contribution in [0.4, 0.5) is 5.69 Å². The lowest BCUT2D eigenvalue weighted by atomic mass is 10.0. The number of piperazine rings is 1. The Morgan fingerprint density at radius 1 is 0.516 bits per heavy atom. The van der Waals surface area contributed by atoms with Gasteiger partial charge < -0.3 is 15.3 Å². The van der Waals surface area contributed by atoms with Crippen LogP contribution in [0.2, 0.25) is 0 Å². The average Bonchev–Trinajstić information content (AvgIpc) is 4.17. The summed E-state index contributed by atoms with van der Waals surface area (Å²) in [6, 6.07) is 48.3. The molecule has 9 heteroatoms. The molecule has 318 valence electrons. The number of hydrogen-bond donors (Lipinski definition) is 3. The van der Waals surface area contributed by atoms with Gasteiger partial charge in [-0.2, -0.15) is 0 Å². The first-order valence-electron chi connectivity index (χ1n) is 22.3. The van der Waals surface area contributed by atoms with Gasteiger partial charge in [-0.1, -0.05) is 117 Å². The topological polar surface area (TPSA) is 110 Å². The van der Waals surface area contributed by atoms with E-state index < -0.39 is 0 Å². The molecule has 0 unspecified atom stereocenters. The second-order valence-electron chi connectivity index (χ2n) is 17.2. The van der Waals surface area contributed by atoms with Gasteiger partial charge in [0.15, 0.2) is 0 Å². The number of aromatic nitrogens is 4. The molecule has 8 bridgehead atoms. The molecule has 0 aliphatic carbocycles. The van der Waals surface area contributed by atoms with E-state index in [1.54, 1.807) is 0 Å². The standard InChI is InChI=1S/C55H51N7O2/c1-36(2)50(63)34-61-30-32-62(33-31-61)35-51(64)56-41-20-18-40(19-21-41)55-48-28-26-46(59-48)53(38-14-8-4-9-15-38)44-24-22-42(57-44)52(37-12-6-3-7-13-37)43-23-25-45(58-43)54(39-16-10-5-11-17-39)47-27-29-49(55)60-47/h3-22,24,26-29,36,57,60H,23,25,30-35H2,1-2H3,(H,56,64). The number of aryl methyl sites for hydroxylation is 2. The fourth-order valence-electron chi connectivity index (χ4n) is 9.17. The molecule has 1 amide bonds. The molecule has 0 saturated carbocycles. The number of H-pyrrole nitrogens is 2. The third kappa shape index (κ3) is 8.48. The van der Waals surface area contributed by atoms with E-state index in [9.17, 15) is 9.59 Å². The van der Waals surface area contributed by atoms with E-state index in [0.717, 1.165) is 134 Å². The maximum atomic E-state index is 13.3. The van der Waals surface area contributed by atoms with Gasteiger partial charge >= 0.3 is 0 Å². The highest BCUT2D eigenvalue weighted by Gasteiger charge is 2.23. The number of carbonyl (C=O) groups is 2. The third-order valence-electron chi connectivity index (χ3n) is 12.5. The van der Waals surface area contributed by atoms with Gasteiger partial charge in [-0.15, -0.1) is 0 Å². The van der Waals surface area contributed by atoms with E-state index in [4.69, 9.17) is 9.97 Å². The number of benzene rings is 4. The lowest BCUT2D eigenvalue weighted by molar-refractivity contribution is -0.124. The van der Waals surface area contributed by atoms with Gasteiger partial charge in [0.25, 0.3) is 0 Å². The van der Waals surface area contributed by atoms with Gasteiger partial charge in [0.05, 0.1) is 35.9 Å². The quantitative estimate of drug-likeness (QED) is 0.127. The highest BCUT2D eigenvalue weighted by atomic mass is 16.2. The Bertz CT molecular complexity index is 3040. The second kappa shape index (κ2) is 17.9. The smallest absolute Gasteiger partial charge is 0.238 e. The largest absolute Gasteiger partial charge is 0.354 e. The summed E-state index contributed by atoms with van der Waals surface area (Å²) in [5.41, 5.74) is 16.8. The Balaban J connectivity index is 1.10. The summed E-state index contributed by atoms with van der Waals surface area (Å²) in [6.45, 7) is 7.72. The van der Waals surface area contributed by atoms with Crippen LogP contribution in [0.25, 0.3) is 78.7 Å². The number of Topliss-reactive ketones (excluding diaryl/α,β-unsaturated/α-hetero) is 1. The Kier molecular flexibility index (Phi) is 11.4. The van der Waals surface area contributed by atoms with Crippen LogP contribution in [0, 0.1) is 5.92 Å². The first-order valence-corrected chi connectivity index (χ1v) is 22.3. The van der Waals surface area contributed by atoms with Gasteiger partial charge in [0.1, 0.15) is 5.78 Å². The number of ketones is 1. The molecule has 4 aromatic carbocycles. The van der Waals surface area contributed by atoms with Crippen molar-refractivity contribution in [3.63, 3.8) is 0 Å². The fourth-order valence-corrected chi connectivity index (χ4v) is 9.17. The molecule has 64 heavy (non-hydrogen) atoms.